The third-order valence-electron chi connectivity index (χ3n) is 2.66. The molecule has 1 unspecified atom stereocenters. The quantitative estimate of drug-likeness (QED) is 0.349. The molecule has 0 radical (unpaired) electrons. The minimum atomic E-state index is -0.582. The molecule has 0 amide bonds. The molecule has 0 rings (SSSR count). The van der Waals surface area contributed by atoms with Gasteiger partial charge < -0.3 is 9.84 Å². The fraction of sp³-hybridized carbons (Fsp3) is 0.800. The number of hydrogen-bond acceptors (Lipinski definition) is 3. The first-order valence-corrected chi connectivity index (χ1v) is 7.15. The van der Waals surface area contributed by atoms with Crippen molar-refractivity contribution in [2.24, 2.45) is 0 Å². The second-order valence-electron chi connectivity index (χ2n) is 4.76. The van der Waals surface area contributed by atoms with Gasteiger partial charge in [0.1, 0.15) is 6.61 Å². The standard InChI is InChI=1S/C15H28O3/c1-3-4-5-6-7-8-9-10-11-12-15(17)18-13-14(2)16/h10-11,14,16H,3-9,12-13H2,1-2H3/b11-10-. The van der Waals surface area contributed by atoms with Gasteiger partial charge in [0.25, 0.3) is 0 Å². The number of ether oxygens (including phenoxy) is 1. The molecular formula is C15H28O3. The van der Waals surface area contributed by atoms with Crippen molar-refractivity contribution in [2.75, 3.05) is 6.61 Å². The van der Waals surface area contributed by atoms with Gasteiger partial charge in [-0.2, -0.15) is 0 Å². The highest BCUT2D eigenvalue weighted by molar-refractivity contribution is 5.71. The number of rotatable bonds is 11. The predicted molar refractivity (Wildman–Crippen MR) is 74.4 cm³/mol. The van der Waals surface area contributed by atoms with E-state index in [4.69, 9.17) is 9.84 Å². The Labute approximate surface area is 111 Å². The monoisotopic (exact) mass is 256 g/mol. The summed E-state index contributed by atoms with van der Waals surface area (Å²) in [4.78, 5) is 11.2. The Kier molecular flexibility index (Phi) is 12.0. The fourth-order valence-electron chi connectivity index (χ4n) is 1.61. The Morgan fingerprint density at radius 1 is 1.17 bits per heavy atom. The van der Waals surface area contributed by atoms with Crippen LogP contribution in [0.3, 0.4) is 0 Å². The smallest absolute Gasteiger partial charge is 0.309 e. The maximum Gasteiger partial charge on any atom is 0.309 e. The van der Waals surface area contributed by atoms with Crippen molar-refractivity contribution in [1.82, 2.24) is 0 Å². The molecule has 3 heteroatoms. The summed E-state index contributed by atoms with van der Waals surface area (Å²) in [6.07, 6.45) is 12.4. The van der Waals surface area contributed by atoms with E-state index in [1.54, 1.807) is 6.92 Å². The number of unbranched alkanes of at least 4 members (excludes halogenated alkanes) is 6. The molecule has 0 aromatic rings. The van der Waals surface area contributed by atoms with E-state index >= 15 is 0 Å². The third-order valence-corrected chi connectivity index (χ3v) is 2.66. The first-order valence-electron chi connectivity index (χ1n) is 7.15. The zero-order valence-electron chi connectivity index (χ0n) is 11.9. The van der Waals surface area contributed by atoms with Crippen molar-refractivity contribution in [3.8, 4) is 0 Å². The van der Waals surface area contributed by atoms with Gasteiger partial charge in [0.15, 0.2) is 0 Å². The lowest BCUT2D eigenvalue weighted by atomic mass is 10.1. The number of allylic oxidation sites excluding steroid dienone is 1. The molecule has 0 aromatic carbocycles. The Hall–Kier alpha value is -0.830. The molecular weight excluding hydrogens is 228 g/mol. The van der Waals surface area contributed by atoms with Crippen molar-refractivity contribution >= 4 is 5.97 Å². The highest BCUT2D eigenvalue weighted by atomic mass is 16.5. The summed E-state index contributed by atoms with van der Waals surface area (Å²) in [5.74, 6) is -0.268. The predicted octanol–water partition coefficient (Wildman–Crippen LogP) is 3.61. The van der Waals surface area contributed by atoms with E-state index in [9.17, 15) is 4.79 Å². The number of aliphatic hydroxyl groups is 1. The average Bonchev–Trinajstić information content (AvgIpc) is 2.34. The Morgan fingerprint density at radius 2 is 1.83 bits per heavy atom. The first-order chi connectivity index (χ1) is 8.66. The van der Waals surface area contributed by atoms with Gasteiger partial charge in [0, 0.05) is 0 Å². The second-order valence-corrected chi connectivity index (χ2v) is 4.76. The van der Waals surface area contributed by atoms with Gasteiger partial charge in [-0.15, -0.1) is 0 Å². The molecule has 0 bridgehead atoms. The molecule has 0 aliphatic carbocycles. The molecule has 3 nitrogen and oxygen atoms in total. The van der Waals surface area contributed by atoms with Crippen LogP contribution in [-0.2, 0) is 9.53 Å². The molecule has 0 aliphatic heterocycles. The molecule has 1 atom stereocenters. The zero-order valence-corrected chi connectivity index (χ0v) is 11.9. The van der Waals surface area contributed by atoms with E-state index in [0.717, 1.165) is 6.42 Å². The van der Waals surface area contributed by atoms with Crippen LogP contribution in [0.1, 0.15) is 65.2 Å². The minimum Gasteiger partial charge on any atom is -0.463 e. The van der Waals surface area contributed by atoms with Gasteiger partial charge in [-0.05, 0) is 19.8 Å². The molecule has 0 aromatic heterocycles. The highest BCUT2D eigenvalue weighted by Gasteiger charge is 2.01. The summed E-state index contributed by atoms with van der Waals surface area (Å²) in [5.41, 5.74) is 0. The molecule has 0 saturated carbocycles. The van der Waals surface area contributed by atoms with Gasteiger partial charge in [-0.25, -0.2) is 0 Å². The highest BCUT2D eigenvalue weighted by Crippen LogP contribution is 2.07. The fourth-order valence-corrected chi connectivity index (χ4v) is 1.61. The number of carbonyl (C=O) groups excluding carboxylic acids is 1. The lowest BCUT2D eigenvalue weighted by molar-refractivity contribution is -0.145. The summed E-state index contributed by atoms with van der Waals surface area (Å²) < 4.78 is 4.84. The largest absolute Gasteiger partial charge is 0.463 e. The number of aliphatic hydroxyl groups excluding tert-OH is 1. The molecule has 1 N–H and O–H groups in total. The van der Waals surface area contributed by atoms with Crippen molar-refractivity contribution in [3.63, 3.8) is 0 Å². The molecule has 18 heavy (non-hydrogen) atoms. The van der Waals surface area contributed by atoms with E-state index in [0.29, 0.717) is 6.42 Å². The van der Waals surface area contributed by atoms with Crippen LogP contribution in [0.15, 0.2) is 12.2 Å². The van der Waals surface area contributed by atoms with Crippen LogP contribution in [0, 0.1) is 0 Å². The van der Waals surface area contributed by atoms with E-state index in [1.165, 1.54) is 38.5 Å². The van der Waals surface area contributed by atoms with Crippen LogP contribution in [0.5, 0.6) is 0 Å². The van der Waals surface area contributed by atoms with Gasteiger partial charge >= 0.3 is 5.97 Å². The normalized spacial score (nSPS) is 12.8. The number of hydrogen-bond donors (Lipinski definition) is 1. The Bertz CT molecular complexity index is 222. The molecule has 0 heterocycles. The van der Waals surface area contributed by atoms with Crippen molar-refractivity contribution in [1.29, 1.82) is 0 Å². The summed E-state index contributed by atoms with van der Waals surface area (Å²) in [6, 6.07) is 0. The zero-order chi connectivity index (χ0) is 13.6. The maximum absolute atomic E-state index is 11.2. The van der Waals surface area contributed by atoms with Gasteiger partial charge in [0.2, 0.25) is 0 Å². The summed E-state index contributed by atoms with van der Waals surface area (Å²) >= 11 is 0. The van der Waals surface area contributed by atoms with Gasteiger partial charge in [-0.1, -0.05) is 51.2 Å². The third kappa shape index (κ3) is 13.2. The Morgan fingerprint density at radius 3 is 2.50 bits per heavy atom. The molecule has 106 valence electrons. The average molecular weight is 256 g/mol. The number of esters is 1. The lowest BCUT2D eigenvalue weighted by Gasteiger charge is -2.04. The van der Waals surface area contributed by atoms with Crippen LogP contribution in [0.4, 0.5) is 0 Å². The lowest BCUT2D eigenvalue weighted by Crippen LogP contribution is -2.14. The molecule has 0 aliphatic rings. The summed E-state index contributed by atoms with van der Waals surface area (Å²) in [6.45, 7) is 3.91. The van der Waals surface area contributed by atoms with Crippen LogP contribution < -0.4 is 0 Å². The number of carbonyl (C=O) groups is 1. The minimum absolute atomic E-state index is 0.0874. The SMILES string of the molecule is CCCCCCCC/C=C\CC(=O)OCC(C)O. The summed E-state index contributed by atoms with van der Waals surface area (Å²) in [7, 11) is 0. The van der Waals surface area contributed by atoms with Crippen molar-refractivity contribution < 1.29 is 14.6 Å². The second kappa shape index (κ2) is 12.6. The van der Waals surface area contributed by atoms with Crippen molar-refractivity contribution in [2.45, 2.75) is 71.3 Å². The molecule has 0 fully saturated rings. The van der Waals surface area contributed by atoms with E-state index in [1.807, 2.05) is 12.2 Å². The Balaban J connectivity index is 3.29. The van der Waals surface area contributed by atoms with Crippen LogP contribution in [0.2, 0.25) is 0 Å². The molecule has 0 saturated heterocycles. The first kappa shape index (κ1) is 17.2. The maximum atomic E-state index is 11.2. The van der Waals surface area contributed by atoms with Crippen LogP contribution in [-0.4, -0.2) is 23.8 Å². The molecule has 0 spiro atoms. The van der Waals surface area contributed by atoms with Crippen LogP contribution in [0.25, 0.3) is 0 Å². The van der Waals surface area contributed by atoms with Crippen LogP contribution >= 0.6 is 0 Å². The van der Waals surface area contributed by atoms with E-state index in [-0.39, 0.29) is 12.6 Å². The van der Waals surface area contributed by atoms with E-state index in [2.05, 4.69) is 6.92 Å². The van der Waals surface area contributed by atoms with Crippen molar-refractivity contribution in [3.05, 3.63) is 12.2 Å². The van der Waals surface area contributed by atoms with E-state index < -0.39 is 6.10 Å². The topological polar surface area (TPSA) is 46.5 Å². The van der Waals surface area contributed by atoms with Gasteiger partial charge in [-0.3, -0.25) is 4.79 Å². The summed E-state index contributed by atoms with van der Waals surface area (Å²) in [5, 5.41) is 8.94. The van der Waals surface area contributed by atoms with Gasteiger partial charge in [0.05, 0.1) is 12.5 Å².